The molecule has 0 radical (unpaired) electrons. The first-order chi connectivity index (χ1) is 52.5. The minimum atomic E-state index is -0.249. The van der Waals surface area contributed by atoms with Gasteiger partial charge in [-0.1, -0.05) is 220 Å². The second-order valence-corrected chi connectivity index (χ2v) is 40.4. The molecule has 0 bridgehead atoms. The highest BCUT2D eigenvalue weighted by molar-refractivity contribution is 7.30. The van der Waals surface area contributed by atoms with E-state index in [9.17, 15) is 0 Å². The number of hydrogen-bond donors (Lipinski definition) is 0. The highest BCUT2D eigenvalue weighted by Gasteiger charge is 2.56. The molecule has 12 heteroatoms. The van der Waals surface area contributed by atoms with E-state index < -0.39 is 0 Å². The van der Waals surface area contributed by atoms with Crippen LogP contribution in [0.3, 0.4) is 0 Å². The van der Waals surface area contributed by atoms with E-state index in [1.54, 1.807) is 0 Å². The SMILES string of the molecule is CC1(C)CCC(C)(C)c2cc(N(c3ccccc3)c3cc4c5c(n3)N(c3ccccc3)c3cc6c(cc3B5c3sc5c(c3O4)C(C)(C)CCC5(C)C)B3c4sc5c(c4N(c4ccccc4)c4cc(N(c7ccccc7)c7ccc8c(c7)C(C)(C)CCC8(C)C)nc(c43)N6c3ccccc3)C(C)(C)CCC5(C)C)ccc21. The van der Waals surface area contributed by atoms with Crippen LogP contribution in [0.2, 0.25) is 0 Å². The summed E-state index contributed by atoms with van der Waals surface area (Å²) in [5.74, 6) is 5.32. The molecule has 8 aliphatic rings. The van der Waals surface area contributed by atoms with Crippen molar-refractivity contribution in [3.05, 3.63) is 255 Å². The van der Waals surface area contributed by atoms with Crippen molar-refractivity contribution in [1.29, 1.82) is 0 Å². The second-order valence-electron chi connectivity index (χ2n) is 38.3. The molecular weight excluding hydrogens is 1380 g/mol. The van der Waals surface area contributed by atoms with Crippen LogP contribution < -0.4 is 60.6 Å². The molecule has 550 valence electrons. The minimum absolute atomic E-state index is 0.0298. The van der Waals surface area contributed by atoms with Gasteiger partial charge >= 0.3 is 0 Å². The summed E-state index contributed by atoms with van der Waals surface area (Å²) in [6.07, 6.45) is 8.83. The van der Waals surface area contributed by atoms with Crippen molar-refractivity contribution in [2.75, 3.05) is 24.5 Å². The lowest BCUT2D eigenvalue weighted by Gasteiger charge is -2.46. The zero-order valence-electron chi connectivity index (χ0n) is 66.9. The molecule has 0 fully saturated rings. The normalized spacial score (nSPS) is 19.2. The summed E-state index contributed by atoms with van der Waals surface area (Å²) in [5, 5.41) is 0. The molecule has 20 rings (SSSR count). The lowest BCUT2D eigenvalue weighted by atomic mass is 9.33. The van der Waals surface area contributed by atoms with Crippen LogP contribution in [0, 0.1) is 0 Å². The number of fused-ring (bicyclic) bond motifs is 14. The van der Waals surface area contributed by atoms with E-state index in [0.29, 0.717) is 0 Å². The van der Waals surface area contributed by atoms with Gasteiger partial charge in [0, 0.05) is 99.3 Å². The Bertz CT molecular complexity index is 5780. The molecule has 0 N–H and O–H groups in total. The number of benzene rings is 8. The van der Waals surface area contributed by atoms with Crippen LogP contribution in [0.25, 0.3) is 0 Å². The molecule has 4 aliphatic heterocycles. The Morgan fingerprint density at radius 2 is 0.718 bits per heavy atom. The van der Waals surface area contributed by atoms with E-state index in [4.69, 9.17) is 14.7 Å². The van der Waals surface area contributed by atoms with E-state index >= 15 is 0 Å². The van der Waals surface area contributed by atoms with Gasteiger partial charge in [-0.25, -0.2) is 9.97 Å². The average molecular weight is 1480 g/mol. The van der Waals surface area contributed by atoms with Gasteiger partial charge in [-0.15, -0.1) is 11.3 Å². The Morgan fingerprint density at radius 3 is 1.20 bits per heavy atom. The third-order valence-corrected chi connectivity index (χ3v) is 30.5. The molecule has 0 spiro atoms. The van der Waals surface area contributed by atoms with Crippen LogP contribution in [0.15, 0.2) is 212 Å². The summed E-state index contributed by atoms with van der Waals surface area (Å²) in [5.41, 5.74) is 25.0. The monoisotopic (exact) mass is 1480 g/mol. The van der Waals surface area contributed by atoms with E-state index in [1.807, 2.05) is 11.3 Å². The Labute approximate surface area is 660 Å². The maximum atomic E-state index is 8.02. The average Bonchev–Trinajstić information content (AvgIpc) is 1.20. The molecule has 0 saturated carbocycles. The number of anilines is 15. The van der Waals surface area contributed by atoms with Gasteiger partial charge < -0.3 is 9.64 Å². The topological polar surface area (TPSA) is 51.2 Å². The van der Waals surface area contributed by atoms with Gasteiger partial charge in [0.15, 0.2) is 0 Å². The summed E-state index contributed by atoms with van der Waals surface area (Å²) >= 11 is 4.09. The molecule has 110 heavy (non-hydrogen) atoms. The maximum Gasteiger partial charge on any atom is 0.271 e. The lowest BCUT2D eigenvalue weighted by molar-refractivity contribution is 0.328. The van der Waals surface area contributed by atoms with Crippen molar-refractivity contribution in [3.8, 4) is 11.5 Å². The zero-order valence-corrected chi connectivity index (χ0v) is 68.5. The number of para-hydroxylation sites is 5. The number of rotatable bonds is 9. The minimum Gasteiger partial charge on any atom is -0.457 e. The molecule has 0 saturated heterocycles. The molecule has 0 unspecified atom stereocenters. The largest absolute Gasteiger partial charge is 0.457 e. The fourth-order valence-corrected chi connectivity index (χ4v) is 24.0. The van der Waals surface area contributed by atoms with Crippen LogP contribution >= 0.6 is 22.7 Å². The number of ether oxygens (including phenoxy) is 1. The quantitative estimate of drug-likeness (QED) is 0.133. The van der Waals surface area contributed by atoms with Crippen LogP contribution in [0.4, 0.5) is 85.8 Å². The number of hydrogen-bond acceptors (Lipinski definition) is 10. The van der Waals surface area contributed by atoms with Crippen LogP contribution in [-0.4, -0.2) is 23.4 Å². The second kappa shape index (κ2) is 24.0. The lowest BCUT2D eigenvalue weighted by Crippen LogP contribution is -2.64. The third kappa shape index (κ3) is 10.3. The highest BCUT2D eigenvalue weighted by atomic mass is 32.1. The van der Waals surface area contributed by atoms with Crippen LogP contribution in [0.5, 0.6) is 11.5 Å². The van der Waals surface area contributed by atoms with Crippen LogP contribution in [0.1, 0.15) is 205 Å². The van der Waals surface area contributed by atoms with E-state index in [1.165, 1.54) is 74.8 Å². The first-order valence-corrected chi connectivity index (χ1v) is 42.0. The molecular formula is C98H99B2N7OS2. The van der Waals surface area contributed by atoms with E-state index in [2.05, 4.69) is 359 Å². The predicted octanol–water partition coefficient (Wildman–Crippen LogP) is 23.4. The smallest absolute Gasteiger partial charge is 0.271 e. The Hall–Kier alpha value is -9.61. The molecule has 8 aromatic carbocycles. The number of thiophene rings is 2. The van der Waals surface area contributed by atoms with Crippen LogP contribution in [-0.2, 0) is 43.3 Å². The standard InChI is InChI=1S/C98H99B2N7OS2/c1-91(2)46-48-93(5,6)69-54-65(42-44-67(69)91)103(60-32-22-17-23-33-60)77-58-75-81-89(101-77)106(63-38-28-20-29-39-63)73-57-74-72(56-71(73)99(81)87-83(105(75)62-36-26-19-27-37-62)79-85(109-87)97(13,14)52-50-95(79,9)10)100-82-76(108-84-80-86(110-88(84)100)98(15,16)53-51-96(80,11)12)59-78(102-90(82)107(74)64-40-30-21-31-41-64)104(61-34-24-18-25-35-61)66-43-45-68-70(55-66)94(7,8)49-47-92(68,3)4/h17-45,54-59H,46-53H2,1-16H3. The molecule has 8 heterocycles. The summed E-state index contributed by atoms with van der Waals surface area (Å²) in [6, 6.07) is 80.4. The third-order valence-electron chi connectivity index (χ3n) is 27.3. The fraction of sp³-hybridized carbons (Fsp3) is 0.327. The van der Waals surface area contributed by atoms with E-state index in [-0.39, 0.29) is 56.7 Å². The van der Waals surface area contributed by atoms with Crippen molar-refractivity contribution in [2.45, 2.75) is 205 Å². The summed E-state index contributed by atoms with van der Waals surface area (Å²) in [7, 11) is 0. The van der Waals surface area contributed by atoms with Gasteiger partial charge in [-0.2, -0.15) is 11.3 Å². The van der Waals surface area contributed by atoms with Crippen molar-refractivity contribution >= 4 is 153 Å². The number of nitrogens with zero attached hydrogens (tertiary/aromatic N) is 7. The van der Waals surface area contributed by atoms with Crippen molar-refractivity contribution < 1.29 is 4.74 Å². The van der Waals surface area contributed by atoms with Crippen molar-refractivity contribution in [1.82, 2.24) is 9.97 Å². The summed E-state index contributed by atoms with van der Waals surface area (Å²) < 4.78 is 10.7. The molecule has 12 aromatic rings. The zero-order chi connectivity index (χ0) is 75.9. The molecule has 4 aliphatic carbocycles. The van der Waals surface area contributed by atoms with Gasteiger partial charge in [0.2, 0.25) is 0 Å². The van der Waals surface area contributed by atoms with Gasteiger partial charge in [0.25, 0.3) is 13.4 Å². The molecule has 0 atom stereocenters. The number of pyridine rings is 2. The van der Waals surface area contributed by atoms with Gasteiger partial charge in [-0.3, -0.25) is 19.6 Å². The fourth-order valence-electron chi connectivity index (χ4n) is 20.6. The molecule has 0 amide bonds. The van der Waals surface area contributed by atoms with Crippen molar-refractivity contribution in [2.24, 2.45) is 0 Å². The maximum absolute atomic E-state index is 8.02. The van der Waals surface area contributed by atoms with Gasteiger partial charge in [0.05, 0.1) is 5.69 Å². The Morgan fingerprint density at radius 1 is 0.336 bits per heavy atom. The van der Waals surface area contributed by atoms with Crippen molar-refractivity contribution in [3.63, 3.8) is 0 Å². The van der Waals surface area contributed by atoms with E-state index in [0.717, 1.165) is 148 Å². The molecule has 8 nitrogen and oxygen atoms in total. The highest BCUT2D eigenvalue weighted by Crippen LogP contribution is 2.60. The Kier molecular flexibility index (Phi) is 15.2. The Balaban J connectivity index is 0.913. The first-order valence-electron chi connectivity index (χ1n) is 40.4. The first kappa shape index (κ1) is 69.6. The summed E-state index contributed by atoms with van der Waals surface area (Å²) in [6.45, 7) is 39.0. The van der Waals surface area contributed by atoms with Gasteiger partial charge in [0.1, 0.15) is 34.8 Å². The predicted molar refractivity (Wildman–Crippen MR) is 468 cm³/mol. The molecule has 4 aromatic heterocycles. The summed E-state index contributed by atoms with van der Waals surface area (Å²) in [4.78, 5) is 28.3. The van der Waals surface area contributed by atoms with Gasteiger partial charge in [-0.05, 0) is 230 Å². The number of aromatic nitrogens is 2.